The lowest BCUT2D eigenvalue weighted by atomic mass is 10.3. The Morgan fingerprint density at radius 3 is 2.85 bits per heavy atom. The van der Waals surface area contributed by atoms with Crippen LogP contribution in [-0.4, -0.2) is 69.5 Å². The van der Waals surface area contributed by atoms with Crippen LogP contribution in [0.1, 0.15) is 25.3 Å². The van der Waals surface area contributed by atoms with Crippen LogP contribution in [0.25, 0.3) is 0 Å². The number of likely N-dealkylation sites (N-methyl/N-ethyl adjacent to an activating group) is 1. The molecule has 154 valence electrons. The third-order valence-corrected chi connectivity index (χ3v) is 4.09. The van der Waals surface area contributed by atoms with E-state index in [4.69, 9.17) is 19.2 Å². The summed E-state index contributed by atoms with van der Waals surface area (Å²) in [5, 5.41) is 3.33. The summed E-state index contributed by atoms with van der Waals surface area (Å²) in [6.07, 6.45) is 4.36. The number of rotatable bonds is 12. The Hall–Kier alpha value is -1.13. The first-order valence-corrected chi connectivity index (χ1v) is 9.37. The zero-order chi connectivity index (χ0) is 18.6. The number of hydrogen-bond donors (Lipinski definition) is 1. The lowest BCUT2D eigenvalue weighted by Crippen LogP contribution is -2.40. The van der Waals surface area contributed by atoms with Gasteiger partial charge in [0.05, 0.1) is 19.8 Å². The Kier molecular flexibility index (Phi) is 12.4. The van der Waals surface area contributed by atoms with E-state index in [-0.39, 0.29) is 24.0 Å². The molecule has 0 saturated heterocycles. The first-order valence-electron chi connectivity index (χ1n) is 9.37. The van der Waals surface area contributed by atoms with Crippen LogP contribution in [0.15, 0.2) is 23.3 Å². The summed E-state index contributed by atoms with van der Waals surface area (Å²) in [5.74, 6) is 2.26. The van der Waals surface area contributed by atoms with Crippen molar-refractivity contribution in [1.82, 2.24) is 15.2 Å². The highest BCUT2D eigenvalue weighted by Gasteiger charge is 2.21. The van der Waals surface area contributed by atoms with Crippen molar-refractivity contribution >= 4 is 29.9 Å². The molecule has 7 nitrogen and oxygen atoms in total. The summed E-state index contributed by atoms with van der Waals surface area (Å²) in [7, 11) is 3.68. The van der Waals surface area contributed by atoms with E-state index in [1.165, 1.54) is 12.8 Å². The van der Waals surface area contributed by atoms with Crippen LogP contribution in [0.5, 0.6) is 5.88 Å². The van der Waals surface area contributed by atoms with Crippen LogP contribution in [0.4, 0.5) is 0 Å². The minimum atomic E-state index is 0. The highest BCUT2D eigenvalue weighted by Crippen LogP contribution is 2.28. The number of aromatic nitrogens is 1. The summed E-state index contributed by atoms with van der Waals surface area (Å²) in [6, 6.07) is 3.89. The normalized spacial score (nSPS) is 13.8. The van der Waals surface area contributed by atoms with Gasteiger partial charge in [0.2, 0.25) is 5.88 Å². The van der Waals surface area contributed by atoms with Crippen molar-refractivity contribution in [3.63, 3.8) is 0 Å². The molecule has 2 rings (SSSR count). The number of aliphatic imine (C=N–C) groups is 1. The summed E-state index contributed by atoms with van der Waals surface area (Å²) < 4.78 is 16.4. The number of halogens is 1. The van der Waals surface area contributed by atoms with E-state index in [0.29, 0.717) is 25.6 Å². The van der Waals surface area contributed by atoms with Crippen LogP contribution in [0.2, 0.25) is 0 Å². The highest BCUT2D eigenvalue weighted by atomic mass is 127. The lowest BCUT2D eigenvalue weighted by molar-refractivity contribution is 0.115. The predicted molar refractivity (Wildman–Crippen MR) is 118 cm³/mol. The van der Waals surface area contributed by atoms with Gasteiger partial charge < -0.3 is 24.4 Å². The Balaban J connectivity index is 0.00000364. The fourth-order valence-corrected chi connectivity index (χ4v) is 2.37. The van der Waals surface area contributed by atoms with Gasteiger partial charge in [-0.3, -0.25) is 0 Å². The van der Waals surface area contributed by atoms with Crippen LogP contribution < -0.4 is 10.1 Å². The van der Waals surface area contributed by atoms with Crippen molar-refractivity contribution in [3.8, 4) is 5.88 Å². The Morgan fingerprint density at radius 2 is 2.15 bits per heavy atom. The Labute approximate surface area is 179 Å². The second kappa shape index (κ2) is 14.0. The third kappa shape index (κ3) is 9.57. The largest absolute Gasteiger partial charge is 0.475 e. The molecule has 1 N–H and O–H groups in total. The molecule has 8 heteroatoms. The van der Waals surface area contributed by atoms with Crippen molar-refractivity contribution in [2.45, 2.75) is 26.3 Å². The maximum absolute atomic E-state index is 5.73. The van der Waals surface area contributed by atoms with Crippen molar-refractivity contribution in [2.24, 2.45) is 10.9 Å². The fraction of sp³-hybridized carbons (Fsp3) is 0.684. The number of hydrogen-bond acceptors (Lipinski definition) is 5. The quantitative estimate of drug-likeness (QED) is 0.210. The predicted octanol–water partition coefficient (Wildman–Crippen LogP) is 2.55. The van der Waals surface area contributed by atoms with Gasteiger partial charge in [-0.15, -0.1) is 24.0 Å². The summed E-state index contributed by atoms with van der Waals surface area (Å²) in [4.78, 5) is 11.1. The first kappa shape index (κ1) is 23.9. The van der Waals surface area contributed by atoms with Gasteiger partial charge in [0.15, 0.2) is 5.96 Å². The van der Waals surface area contributed by atoms with Crippen LogP contribution in [-0.2, 0) is 16.0 Å². The molecule has 1 fully saturated rings. The fourth-order valence-electron chi connectivity index (χ4n) is 2.37. The molecule has 0 radical (unpaired) electrons. The van der Waals surface area contributed by atoms with Crippen molar-refractivity contribution in [2.75, 3.05) is 53.7 Å². The summed E-state index contributed by atoms with van der Waals surface area (Å²) >= 11 is 0. The molecule has 1 aliphatic carbocycles. The van der Waals surface area contributed by atoms with E-state index in [9.17, 15) is 0 Å². The van der Waals surface area contributed by atoms with Gasteiger partial charge in [0.25, 0.3) is 0 Å². The molecule has 1 heterocycles. The minimum Gasteiger partial charge on any atom is -0.475 e. The van der Waals surface area contributed by atoms with E-state index in [2.05, 4.69) is 22.1 Å². The van der Waals surface area contributed by atoms with Gasteiger partial charge in [0.1, 0.15) is 6.61 Å². The molecule has 1 saturated carbocycles. The zero-order valence-electron chi connectivity index (χ0n) is 16.6. The average Bonchev–Trinajstić information content (AvgIpc) is 3.47. The van der Waals surface area contributed by atoms with Crippen LogP contribution >= 0.6 is 24.0 Å². The molecular weight excluding hydrogens is 459 g/mol. The van der Waals surface area contributed by atoms with E-state index in [1.807, 2.05) is 19.2 Å². The van der Waals surface area contributed by atoms with Gasteiger partial charge in [-0.1, -0.05) is 6.07 Å². The average molecular weight is 492 g/mol. The topological polar surface area (TPSA) is 68.2 Å². The first-order chi connectivity index (χ1) is 12.7. The van der Waals surface area contributed by atoms with Crippen molar-refractivity contribution < 1.29 is 14.2 Å². The van der Waals surface area contributed by atoms with Gasteiger partial charge in [-0.05, 0) is 31.7 Å². The van der Waals surface area contributed by atoms with Gasteiger partial charge in [-0.2, -0.15) is 0 Å². The molecule has 0 spiro atoms. The number of nitrogens with zero attached hydrogens (tertiary/aromatic N) is 3. The molecule has 1 aromatic rings. The van der Waals surface area contributed by atoms with Gasteiger partial charge in [-0.25, -0.2) is 9.98 Å². The highest BCUT2D eigenvalue weighted by molar-refractivity contribution is 14.0. The number of guanidine groups is 1. The van der Waals surface area contributed by atoms with Gasteiger partial charge in [0, 0.05) is 45.6 Å². The number of nitrogens with one attached hydrogen (secondary N) is 1. The van der Waals surface area contributed by atoms with Crippen molar-refractivity contribution in [1.29, 1.82) is 0 Å². The summed E-state index contributed by atoms with van der Waals surface area (Å²) in [5.41, 5.74) is 0.956. The molecule has 0 bridgehead atoms. The van der Waals surface area contributed by atoms with Crippen molar-refractivity contribution in [3.05, 3.63) is 23.9 Å². The molecule has 0 aliphatic heterocycles. The third-order valence-electron chi connectivity index (χ3n) is 4.09. The summed E-state index contributed by atoms with van der Waals surface area (Å²) in [6.45, 7) is 6.81. The van der Waals surface area contributed by atoms with E-state index in [1.54, 1.807) is 13.3 Å². The molecule has 27 heavy (non-hydrogen) atoms. The maximum atomic E-state index is 5.73. The molecule has 0 atom stereocenters. The minimum absolute atomic E-state index is 0. The van der Waals surface area contributed by atoms with Crippen LogP contribution in [0, 0.1) is 5.92 Å². The molecule has 0 aromatic carbocycles. The standard InChI is InChI=1S/C19H32N4O3.HI/c1-4-20-19(23(2)10-11-25-15-16-7-8-16)22-14-17-6-5-9-21-18(17)26-13-12-24-3;/h5-6,9,16H,4,7-8,10-15H2,1-3H3,(H,20,22);1H. The van der Waals surface area contributed by atoms with E-state index in [0.717, 1.165) is 43.7 Å². The smallest absolute Gasteiger partial charge is 0.218 e. The SMILES string of the molecule is CCNC(=NCc1cccnc1OCCOC)N(C)CCOCC1CC1.I. The molecule has 0 amide bonds. The number of ether oxygens (including phenoxy) is 3. The number of methoxy groups -OCH3 is 1. The Morgan fingerprint density at radius 1 is 1.33 bits per heavy atom. The second-order valence-electron chi connectivity index (χ2n) is 6.42. The van der Waals surface area contributed by atoms with Gasteiger partial charge >= 0.3 is 0 Å². The monoisotopic (exact) mass is 492 g/mol. The van der Waals surface area contributed by atoms with E-state index >= 15 is 0 Å². The Bertz CT molecular complexity index is 556. The molecule has 0 unspecified atom stereocenters. The molecule has 1 aliphatic rings. The zero-order valence-corrected chi connectivity index (χ0v) is 19.0. The number of pyridine rings is 1. The molecule has 1 aromatic heterocycles. The van der Waals surface area contributed by atoms with E-state index < -0.39 is 0 Å². The molecular formula is C19H33IN4O3. The van der Waals surface area contributed by atoms with Crippen LogP contribution in [0.3, 0.4) is 0 Å². The maximum Gasteiger partial charge on any atom is 0.218 e. The lowest BCUT2D eigenvalue weighted by Gasteiger charge is -2.22. The second-order valence-corrected chi connectivity index (χ2v) is 6.42.